The third-order valence-corrected chi connectivity index (χ3v) is 4.83. The lowest BCUT2D eigenvalue weighted by Crippen LogP contribution is -2.22. The second kappa shape index (κ2) is 6.67. The van der Waals surface area contributed by atoms with Gasteiger partial charge in [-0.2, -0.15) is 0 Å². The molecule has 21 heavy (non-hydrogen) atoms. The zero-order valence-corrected chi connectivity index (χ0v) is 14.3. The molecule has 0 aromatic carbocycles. The van der Waals surface area contributed by atoms with Crippen LogP contribution < -0.4 is 10.2 Å². The van der Waals surface area contributed by atoms with Crippen molar-refractivity contribution in [3.05, 3.63) is 18.5 Å². The van der Waals surface area contributed by atoms with Gasteiger partial charge in [0.1, 0.15) is 0 Å². The van der Waals surface area contributed by atoms with Crippen LogP contribution in [-0.2, 0) is 0 Å². The van der Waals surface area contributed by atoms with E-state index in [0.29, 0.717) is 11.5 Å². The van der Waals surface area contributed by atoms with Gasteiger partial charge in [0, 0.05) is 26.3 Å². The van der Waals surface area contributed by atoms with E-state index in [0.717, 1.165) is 5.92 Å². The number of pyridine rings is 1. The van der Waals surface area contributed by atoms with Gasteiger partial charge in [-0.15, -0.1) is 0 Å². The number of rotatable bonds is 3. The Morgan fingerprint density at radius 1 is 1.14 bits per heavy atom. The average molecular weight is 289 g/mol. The zero-order chi connectivity index (χ0) is 15.5. The van der Waals surface area contributed by atoms with Crippen LogP contribution in [0.2, 0.25) is 0 Å². The van der Waals surface area contributed by atoms with Gasteiger partial charge >= 0.3 is 0 Å². The van der Waals surface area contributed by atoms with Crippen molar-refractivity contribution in [2.24, 2.45) is 11.3 Å². The molecule has 0 spiro atoms. The standard InChI is InChI=1S/C18H31N3/c1-18(2,3)14-7-6-8-15(10-9-14)20-16-13-19-12-11-17(16)21(4)5/h11-15,20H,6-10H2,1-5H3. The van der Waals surface area contributed by atoms with Crippen LogP contribution in [0.4, 0.5) is 11.4 Å². The van der Waals surface area contributed by atoms with Gasteiger partial charge in [0.05, 0.1) is 17.6 Å². The molecule has 0 aliphatic heterocycles. The van der Waals surface area contributed by atoms with Crippen molar-refractivity contribution < 1.29 is 0 Å². The van der Waals surface area contributed by atoms with E-state index in [2.05, 4.69) is 56.1 Å². The highest BCUT2D eigenvalue weighted by atomic mass is 15.1. The second-order valence-electron chi connectivity index (χ2n) is 7.70. The minimum absolute atomic E-state index is 0.442. The summed E-state index contributed by atoms with van der Waals surface area (Å²) < 4.78 is 0. The van der Waals surface area contributed by atoms with Crippen LogP contribution in [-0.4, -0.2) is 25.1 Å². The Morgan fingerprint density at radius 2 is 1.90 bits per heavy atom. The third kappa shape index (κ3) is 4.36. The Balaban J connectivity index is 2.01. The van der Waals surface area contributed by atoms with E-state index >= 15 is 0 Å². The summed E-state index contributed by atoms with van der Waals surface area (Å²) in [5.74, 6) is 0.853. The number of nitrogens with one attached hydrogen (secondary N) is 1. The average Bonchev–Trinajstić information content (AvgIpc) is 2.64. The maximum atomic E-state index is 4.28. The molecule has 3 heteroatoms. The van der Waals surface area contributed by atoms with E-state index < -0.39 is 0 Å². The van der Waals surface area contributed by atoms with Crippen LogP contribution in [0, 0.1) is 11.3 Å². The molecule has 1 fully saturated rings. The van der Waals surface area contributed by atoms with Crippen molar-refractivity contribution in [2.45, 2.75) is 58.9 Å². The number of anilines is 2. The number of hydrogen-bond donors (Lipinski definition) is 1. The molecule has 0 saturated heterocycles. The SMILES string of the molecule is CN(C)c1ccncc1NC1CCCC(C(C)(C)C)CC1. The number of nitrogens with zero attached hydrogens (tertiary/aromatic N) is 2. The van der Waals surface area contributed by atoms with Crippen molar-refractivity contribution in [2.75, 3.05) is 24.3 Å². The lowest BCUT2D eigenvalue weighted by atomic mass is 9.76. The first-order valence-corrected chi connectivity index (χ1v) is 8.26. The molecule has 2 rings (SSSR count). The van der Waals surface area contributed by atoms with E-state index in [4.69, 9.17) is 0 Å². The molecule has 1 aromatic heterocycles. The lowest BCUT2D eigenvalue weighted by Gasteiger charge is -2.30. The van der Waals surface area contributed by atoms with E-state index in [1.54, 1.807) is 0 Å². The Hall–Kier alpha value is -1.25. The molecule has 1 heterocycles. The van der Waals surface area contributed by atoms with Gasteiger partial charge in [0.15, 0.2) is 0 Å². The molecule has 1 saturated carbocycles. The first kappa shape index (κ1) is 16.1. The van der Waals surface area contributed by atoms with Gasteiger partial charge in [-0.05, 0) is 43.1 Å². The fourth-order valence-electron chi connectivity index (χ4n) is 3.42. The van der Waals surface area contributed by atoms with E-state index in [1.807, 2.05) is 12.4 Å². The molecule has 1 aliphatic carbocycles. The minimum Gasteiger partial charge on any atom is -0.379 e. The summed E-state index contributed by atoms with van der Waals surface area (Å²) in [5.41, 5.74) is 2.83. The fraction of sp³-hybridized carbons (Fsp3) is 0.722. The molecular weight excluding hydrogens is 258 g/mol. The largest absolute Gasteiger partial charge is 0.379 e. The Kier molecular flexibility index (Phi) is 5.13. The quantitative estimate of drug-likeness (QED) is 0.827. The van der Waals surface area contributed by atoms with Crippen molar-refractivity contribution in [1.29, 1.82) is 0 Å². The molecule has 1 N–H and O–H groups in total. The monoisotopic (exact) mass is 289 g/mol. The topological polar surface area (TPSA) is 28.2 Å². The Bertz CT molecular complexity index is 448. The summed E-state index contributed by atoms with van der Waals surface area (Å²) in [6, 6.07) is 2.66. The highest BCUT2D eigenvalue weighted by Gasteiger charge is 2.27. The minimum atomic E-state index is 0.442. The van der Waals surface area contributed by atoms with Crippen molar-refractivity contribution in [1.82, 2.24) is 4.98 Å². The maximum Gasteiger partial charge on any atom is 0.0766 e. The molecule has 2 unspecified atom stereocenters. The van der Waals surface area contributed by atoms with Crippen LogP contribution in [0.15, 0.2) is 18.5 Å². The fourth-order valence-corrected chi connectivity index (χ4v) is 3.42. The molecule has 1 aliphatic rings. The van der Waals surface area contributed by atoms with E-state index in [9.17, 15) is 0 Å². The van der Waals surface area contributed by atoms with Gasteiger partial charge in [-0.1, -0.05) is 27.2 Å². The summed E-state index contributed by atoms with van der Waals surface area (Å²) in [4.78, 5) is 6.43. The number of aromatic nitrogens is 1. The molecular formula is C18H31N3. The van der Waals surface area contributed by atoms with Crippen LogP contribution in [0.5, 0.6) is 0 Å². The summed E-state index contributed by atoms with van der Waals surface area (Å²) >= 11 is 0. The van der Waals surface area contributed by atoms with Crippen molar-refractivity contribution >= 4 is 11.4 Å². The van der Waals surface area contributed by atoms with Gasteiger partial charge in [-0.25, -0.2) is 0 Å². The van der Waals surface area contributed by atoms with Crippen LogP contribution in [0.1, 0.15) is 52.9 Å². The van der Waals surface area contributed by atoms with Crippen LogP contribution in [0.25, 0.3) is 0 Å². The second-order valence-corrected chi connectivity index (χ2v) is 7.70. The predicted octanol–water partition coefficient (Wildman–Crippen LogP) is 4.55. The number of hydrogen-bond acceptors (Lipinski definition) is 3. The first-order valence-electron chi connectivity index (χ1n) is 8.26. The van der Waals surface area contributed by atoms with E-state index in [1.165, 1.54) is 43.5 Å². The first-order chi connectivity index (χ1) is 9.88. The molecule has 0 bridgehead atoms. The highest BCUT2D eigenvalue weighted by molar-refractivity contribution is 5.68. The van der Waals surface area contributed by atoms with Crippen LogP contribution in [0.3, 0.4) is 0 Å². The molecule has 3 nitrogen and oxygen atoms in total. The molecule has 2 atom stereocenters. The predicted molar refractivity (Wildman–Crippen MR) is 92.0 cm³/mol. The maximum absolute atomic E-state index is 4.28. The summed E-state index contributed by atoms with van der Waals surface area (Å²) in [5, 5.41) is 3.74. The van der Waals surface area contributed by atoms with Gasteiger partial charge in [-0.3, -0.25) is 4.98 Å². The summed E-state index contributed by atoms with van der Waals surface area (Å²) in [7, 11) is 4.17. The van der Waals surface area contributed by atoms with Gasteiger partial charge < -0.3 is 10.2 Å². The Labute approximate surface area is 130 Å². The van der Waals surface area contributed by atoms with Crippen molar-refractivity contribution in [3.8, 4) is 0 Å². The normalized spacial score (nSPS) is 23.5. The zero-order valence-electron chi connectivity index (χ0n) is 14.3. The molecule has 118 valence electrons. The van der Waals surface area contributed by atoms with Gasteiger partial charge in [0.2, 0.25) is 0 Å². The highest BCUT2D eigenvalue weighted by Crippen LogP contribution is 2.37. The lowest BCUT2D eigenvalue weighted by molar-refractivity contribution is 0.214. The summed E-state index contributed by atoms with van der Waals surface area (Å²) in [6.07, 6.45) is 10.4. The van der Waals surface area contributed by atoms with Crippen molar-refractivity contribution in [3.63, 3.8) is 0 Å². The smallest absolute Gasteiger partial charge is 0.0766 e. The third-order valence-electron chi connectivity index (χ3n) is 4.83. The van der Waals surface area contributed by atoms with E-state index in [-0.39, 0.29) is 0 Å². The molecule has 0 amide bonds. The molecule has 0 radical (unpaired) electrons. The molecule has 1 aromatic rings. The summed E-state index contributed by atoms with van der Waals surface area (Å²) in [6.45, 7) is 7.16. The van der Waals surface area contributed by atoms with Gasteiger partial charge in [0.25, 0.3) is 0 Å². The Morgan fingerprint density at radius 3 is 2.57 bits per heavy atom. The van der Waals surface area contributed by atoms with Crippen LogP contribution >= 0.6 is 0 Å².